The fourth-order valence-corrected chi connectivity index (χ4v) is 3.41. The zero-order chi connectivity index (χ0) is 23.3. The molecule has 3 aromatic rings. The van der Waals surface area contributed by atoms with Crippen molar-refractivity contribution >= 4 is 42.1 Å². The van der Waals surface area contributed by atoms with Crippen molar-refractivity contribution in [1.82, 2.24) is 25.1 Å². The van der Waals surface area contributed by atoms with Crippen LogP contribution >= 0.6 is 31.0 Å². The van der Waals surface area contributed by atoms with E-state index in [1.54, 1.807) is 18.2 Å². The summed E-state index contributed by atoms with van der Waals surface area (Å²) in [5.74, 6) is 0.127. The first-order valence-corrected chi connectivity index (χ1v) is 11.5. The third-order valence-corrected chi connectivity index (χ3v) is 5.48. The van der Waals surface area contributed by atoms with Crippen molar-refractivity contribution in [3.63, 3.8) is 0 Å². The van der Waals surface area contributed by atoms with Gasteiger partial charge in [-0.3, -0.25) is 24.3 Å². The van der Waals surface area contributed by atoms with Crippen molar-refractivity contribution in [2.75, 3.05) is 13.2 Å². The molecule has 0 radical (unpaired) electrons. The molecule has 3 rings (SSSR count). The molecule has 0 bridgehead atoms. The molecule has 0 unspecified atom stereocenters. The number of halogens is 2. The van der Waals surface area contributed by atoms with Crippen LogP contribution in [0.5, 0.6) is 0 Å². The third-order valence-electron chi connectivity index (χ3n) is 4.29. The van der Waals surface area contributed by atoms with Gasteiger partial charge < -0.3 is 19.6 Å². The van der Waals surface area contributed by atoms with Gasteiger partial charge >= 0.3 is 7.82 Å². The number of rotatable bonds is 11. The summed E-state index contributed by atoms with van der Waals surface area (Å²) in [6.45, 7) is -0.673. The zero-order valence-corrected chi connectivity index (χ0v) is 18.8. The molecule has 0 amide bonds. The van der Waals surface area contributed by atoms with Crippen molar-refractivity contribution in [1.29, 1.82) is 0 Å². The Hall–Kier alpha value is -1.86. The van der Waals surface area contributed by atoms with Gasteiger partial charge in [-0.25, -0.2) is 9.55 Å². The van der Waals surface area contributed by atoms with Crippen LogP contribution in [0.1, 0.15) is 11.4 Å². The molecule has 15 heteroatoms. The first-order chi connectivity index (χ1) is 15.2. The number of phosphoric acid groups is 1. The van der Waals surface area contributed by atoms with Crippen molar-refractivity contribution in [2.45, 2.75) is 25.9 Å². The van der Waals surface area contributed by atoms with E-state index in [9.17, 15) is 9.36 Å². The Kier molecular flexibility index (Phi) is 8.39. The lowest BCUT2D eigenvalue weighted by Crippen LogP contribution is -2.37. The highest BCUT2D eigenvalue weighted by molar-refractivity contribution is 7.46. The highest BCUT2D eigenvalue weighted by Gasteiger charge is 2.21. The van der Waals surface area contributed by atoms with Gasteiger partial charge in [0.1, 0.15) is 29.8 Å². The normalized spacial score (nSPS) is 13.0. The maximum Gasteiger partial charge on any atom is 0.471 e. The van der Waals surface area contributed by atoms with Gasteiger partial charge in [0, 0.05) is 13.0 Å². The highest BCUT2D eigenvalue weighted by Crippen LogP contribution is 2.36. The molecule has 0 aliphatic rings. The van der Waals surface area contributed by atoms with E-state index in [-0.39, 0.29) is 36.5 Å². The number of fused-ring (bicyclic) bond motifs is 1. The number of aliphatic hydroxyl groups excluding tert-OH is 1. The second kappa shape index (κ2) is 10.8. The minimum absolute atomic E-state index is 0.00218. The number of aromatic amines is 1. The van der Waals surface area contributed by atoms with Crippen LogP contribution in [0, 0.1) is 0 Å². The molecule has 1 atom stereocenters. The van der Waals surface area contributed by atoms with E-state index in [1.807, 2.05) is 0 Å². The number of aromatic nitrogens is 4. The highest BCUT2D eigenvalue weighted by atomic mass is 35.5. The molecule has 0 saturated heterocycles. The number of phosphoric ester groups is 1. The van der Waals surface area contributed by atoms with E-state index in [0.717, 1.165) is 10.1 Å². The molecule has 0 saturated carbocycles. The van der Waals surface area contributed by atoms with Gasteiger partial charge in [-0.15, -0.1) is 0 Å². The minimum atomic E-state index is -4.85. The van der Waals surface area contributed by atoms with E-state index < -0.39 is 26.3 Å². The summed E-state index contributed by atoms with van der Waals surface area (Å²) in [4.78, 5) is 35.2. The maximum absolute atomic E-state index is 12.8. The Bertz CT molecular complexity index is 1180. The molecule has 0 aliphatic heterocycles. The molecule has 0 fully saturated rings. The van der Waals surface area contributed by atoms with Gasteiger partial charge in [-0.2, -0.15) is 5.10 Å². The summed E-state index contributed by atoms with van der Waals surface area (Å²) >= 11 is 12.0. The summed E-state index contributed by atoms with van der Waals surface area (Å²) in [6, 6.07) is 5.10. The predicted molar refractivity (Wildman–Crippen MR) is 115 cm³/mol. The third kappa shape index (κ3) is 6.58. The lowest BCUT2D eigenvalue weighted by atomic mass is 10.2. The van der Waals surface area contributed by atoms with Crippen molar-refractivity contribution in [3.05, 3.63) is 56.2 Å². The number of aliphatic hydroxyl groups is 1. The van der Waals surface area contributed by atoms with Crippen LogP contribution in [-0.4, -0.2) is 54.1 Å². The van der Waals surface area contributed by atoms with Crippen LogP contribution in [0.25, 0.3) is 11.0 Å². The first-order valence-electron chi connectivity index (χ1n) is 9.20. The number of nitrogens with one attached hydrogen (secondary N) is 2. The molecule has 32 heavy (non-hydrogen) atoms. The summed E-state index contributed by atoms with van der Waals surface area (Å²) in [7, 11) is -4.85. The van der Waals surface area contributed by atoms with E-state index in [4.69, 9.17) is 42.8 Å². The van der Waals surface area contributed by atoms with Crippen molar-refractivity contribution in [2.24, 2.45) is 0 Å². The number of hydrogen-bond donors (Lipinski definition) is 5. The molecule has 0 aliphatic carbocycles. The van der Waals surface area contributed by atoms with E-state index in [1.165, 1.54) is 6.20 Å². The Labute approximate surface area is 191 Å². The average molecular weight is 508 g/mol. The smallest absolute Gasteiger partial charge is 0.394 e. The lowest BCUT2D eigenvalue weighted by Gasteiger charge is -2.21. The molecule has 0 spiro atoms. The average Bonchev–Trinajstić information content (AvgIpc) is 3.20. The van der Waals surface area contributed by atoms with E-state index >= 15 is 0 Å². The molecule has 174 valence electrons. The summed E-state index contributed by atoms with van der Waals surface area (Å²) in [6.07, 6.45) is 0.623. The topological polar surface area (TPSA) is 172 Å². The largest absolute Gasteiger partial charge is 0.471 e. The van der Waals surface area contributed by atoms with Crippen LogP contribution in [-0.2, 0) is 33.5 Å². The first kappa shape index (κ1) is 24.8. The van der Waals surface area contributed by atoms with Crippen LogP contribution in [0.15, 0.2) is 29.2 Å². The number of H-pyrrole nitrogens is 1. The quantitative estimate of drug-likeness (QED) is 0.187. The van der Waals surface area contributed by atoms with Crippen molar-refractivity contribution < 1.29 is 28.7 Å². The standard InChI is InChI=1S/C17H20Cl2N5O7P/c18-11-2-1-10(5-12(11)19)7-20-15(30-4-3-25)6-14-22-13-8-21-23-16(13)17(26)24(14)9-31-32(27,28)29/h1-2,5,8,15,20,25H,3-4,6-7,9H2,(H,21,23)(H2,27,28,29)/t15-/m0/s1. The fraction of sp³-hybridized carbons (Fsp3) is 0.353. The van der Waals surface area contributed by atoms with Crippen LogP contribution < -0.4 is 10.9 Å². The second-order valence-electron chi connectivity index (χ2n) is 6.56. The summed E-state index contributed by atoms with van der Waals surface area (Å²) in [5, 5.41) is 19.3. The van der Waals surface area contributed by atoms with Gasteiger partial charge in [-0.05, 0) is 17.7 Å². The number of hydrogen-bond acceptors (Lipinski definition) is 8. The van der Waals surface area contributed by atoms with Gasteiger partial charge in [0.2, 0.25) is 0 Å². The van der Waals surface area contributed by atoms with Crippen molar-refractivity contribution in [3.8, 4) is 0 Å². The molecule has 12 nitrogen and oxygen atoms in total. The predicted octanol–water partition coefficient (Wildman–Crippen LogP) is 1.16. The monoisotopic (exact) mass is 507 g/mol. The molecular weight excluding hydrogens is 488 g/mol. The molecule has 2 aromatic heterocycles. The Morgan fingerprint density at radius 3 is 2.75 bits per heavy atom. The van der Waals surface area contributed by atoms with Gasteiger partial charge in [-0.1, -0.05) is 29.3 Å². The fourth-order valence-electron chi connectivity index (χ4n) is 2.83. The molecule has 1 aromatic carbocycles. The Balaban J connectivity index is 1.86. The molecule has 2 heterocycles. The Morgan fingerprint density at radius 1 is 1.28 bits per heavy atom. The summed E-state index contributed by atoms with van der Waals surface area (Å²) < 4.78 is 22.2. The van der Waals surface area contributed by atoms with Gasteiger partial charge in [0.15, 0.2) is 0 Å². The second-order valence-corrected chi connectivity index (χ2v) is 8.61. The lowest BCUT2D eigenvalue weighted by molar-refractivity contribution is 0.00621. The van der Waals surface area contributed by atoms with Gasteiger partial charge in [0.25, 0.3) is 5.56 Å². The zero-order valence-electron chi connectivity index (χ0n) is 16.4. The molecular formula is C17H20Cl2N5O7P. The number of nitrogens with zero attached hydrogens (tertiary/aromatic N) is 3. The van der Waals surface area contributed by atoms with Gasteiger partial charge in [0.05, 0.1) is 29.5 Å². The van der Waals surface area contributed by atoms with Crippen LogP contribution in [0.2, 0.25) is 10.0 Å². The van der Waals surface area contributed by atoms with E-state index in [0.29, 0.717) is 16.6 Å². The van der Waals surface area contributed by atoms with E-state index in [2.05, 4.69) is 25.0 Å². The Morgan fingerprint density at radius 2 is 2.06 bits per heavy atom. The SMILES string of the molecule is O=c1c2[nH]ncc2nc(C[C@@H](NCc2ccc(Cl)c(Cl)c2)OCCO)n1COP(=O)(O)O. The maximum atomic E-state index is 12.8. The summed E-state index contributed by atoms with van der Waals surface area (Å²) in [5.41, 5.74) is 0.501. The minimum Gasteiger partial charge on any atom is -0.394 e. The van der Waals surface area contributed by atoms with Crippen LogP contribution in [0.4, 0.5) is 0 Å². The molecule has 5 N–H and O–H groups in total. The number of ether oxygens (including phenoxy) is 1. The number of benzene rings is 1. The van der Waals surface area contributed by atoms with Crippen LogP contribution in [0.3, 0.4) is 0 Å².